The van der Waals surface area contributed by atoms with Crippen molar-refractivity contribution in [3.63, 3.8) is 0 Å². The highest BCUT2D eigenvalue weighted by atomic mass is 127. The molecular weight excluding hydrogens is 229 g/mol. The van der Waals surface area contributed by atoms with E-state index in [1.54, 1.807) is 17.0 Å². The molecule has 0 amide bonds. The highest BCUT2D eigenvalue weighted by Gasteiger charge is 1.93. The van der Waals surface area contributed by atoms with Gasteiger partial charge in [-0.2, -0.15) is 0 Å². The van der Waals surface area contributed by atoms with Gasteiger partial charge < -0.3 is 0 Å². The lowest BCUT2D eigenvalue weighted by Gasteiger charge is -1.92. The fraction of sp³-hybridized carbons (Fsp3) is 0.200. The standard InChI is InChI=1S/C5H6IN3/c1-2-3-9-5(6)4-7-8-9/h2,4H,1,3H2. The second-order valence-corrected chi connectivity index (χ2v) is 2.63. The highest BCUT2D eigenvalue weighted by molar-refractivity contribution is 14.1. The zero-order chi connectivity index (χ0) is 6.69. The van der Waals surface area contributed by atoms with Crippen molar-refractivity contribution in [2.24, 2.45) is 0 Å². The van der Waals surface area contributed by atoms with Crippen molar-refractivity contribution < 1.29 is 0 Å². The number of nitrogens with zero attached hydrogens (tertiary/aromatic N) is 3. The summed E-state index contributed by atoms with van der Waals surface area (Å²) >= 11 is 2.17. The molecule has 3 nitrogen and oxygen atoms in total. The maximum absolute atomic E-state index is 3.79. The monoisotopic (exact) mass is 235 g/mol. The van der Waals surface area contributed by atoms with Gasteiger partial charge in [0.05, 0.1) is 12.7 Å². The van der Waals surface area contributed by atoms with E-state index >= 15 is 0 Å². The minimum atomic E-state index is 0.734. The zero-order valence-electron chi connectivity index (χ0n) is 4.79. The molecule has 0 fully saturated rings. The Labute approximate surface area is 66.9 Å². The molecule has 0 bridgehead atoms. The highest BCUT2D eigenvalue weighted by Crippen LogP contribution is 1.99. The van der Waals surface area contributed by atoms with Crippen LogP contribution in [0.25, 0.3) is 0 Å². The quantitative estimate of drug-likeness (QED) is 0.567. The number of rotatable bonds is 2. The van der Waals surface area contributed by atoms with Crippen LogP contribution in [0.3, 0.4) is 0 Å². The zero-order valence-corrected chi connectivity index (χ0v) is 6.95. The molecule has 0 atom stereocenters. The lowest BCUT2D eigenvalue weighted by molar-refractivity contribution is 0.649. The Morgan fingerprint density at radius 1 is 1.89 bits per heavy atom. The number of allylic oxidation sites excluding steroid dienone is 1. The summed E-state index contributed by atoms with van der Waals surface area (Å²) in [7, 11) is 0. The first-order chi connectivity index (χ1) is 4.34. The lowest BCUT2D eigenvalue weighted by Crippen LogP contribution is -1.99. The maximum atomic E-state index is 3.79. The van der Waals surface area contributed by atoms with Crippen LogP contribution in [0.15, 0.2) is 18.9 Å². The van der Waals surface area contributed by atoms with E-state index < -0.39 is 0 Å². The summed E-state index contributed by atoms with van der Waals surface area (Å²) < 4.78 is 2.81. The van der Waals surface area contributed by atoms with Crippen molar-refractivity contribution in [3.05, 3.63) is 22.6 Å². The molecule has 0 aliphatic rings. The minimum Gasteiger partial charge on any atom is -0.235 e. The molecule has 1 aromatic heterocycles. The molecule has 0 spiro atoms. The van der Waals surface area contributed by atoms with E-state index in [0.29, 0.717) is 0 Å². The molecule has 0 aliphatic heterocycles. The Hall–Kier alpha value is -0.390. The smallest absolute Gasteiger partial charge is 0.119 e. The fourth-order valence-electron chi connectivity index (χ4n) is 0.491. The first-order valence-electron chi connectivity index (χ1n) is 2.49. The van der Waals surface area contributed by atoms with Gasteiger partial charge >= 0.3 is 0 Å². The van der Waals surface area contributed by atoms with E-state index in [-0.39, 0.29) is 0 Å². The van der Waals surface area contributed by atoms with Crippen molar-refractivity contribution in [1.82, 2.24) is 15.0 Å². The lowest BCUT2D eigenvalue weighted by atomic mass is 10.6. The Morgan fingerprint density at radius 2 is 2.67 bits per heavy atom. The van der Waals surface area contributed by atoms with Crippen LogP contribution in [0.1, 0.15) is 0 Å². The molecule has 0 N–H and O–H groups in total. The van der Waals surface area contributed by atoms with Gasteiger partial charge in [0.1, 0.15) is 3.70 Å². The van der Waals surface area contributed by atoms with E-state index in [0.717, 1.165) is 10.2 Å². The third-order valence-electron chi connectivity index (χ3n) is 0.872. The van der Waals surface area contributed by atoms with Crippen molar-refractivity contribution in [2.75, 3.05) is 0 Å². The second kappa shape index (κ2) is 2.95. The van der Waals surface area contributed by atoms with Crippen LogP contribution in [-0.4, -0.2) is 15.0 Å². The number of hydrogen-bond donors (Lipinski definition) is 0. The molecule has 0 saturated heterocycles. The second-order valence-electron chi connectivity index (χ2n) is 1.53. The fourth-order valence-corrected chi connectivity index (χ4v) is 0.909. The summed E-state index contributed by atoms with van der Waals surface area (Å²) in [6, 6.07) is 0. The Morgan fingerprint density at radius 3 is 3.11 bits per heavy atom. The molecule has 48 valence electrons. The van der Waals surface area contributed by atoms with Gasteiger partial charge in [0.2, 0.25) is 0 Å². The Balaban J connectivity index is 2.80. The summed E-state index contributed by atoms with van der Waals surface area (Å²) in [6.45, 7) is 4.32. The van der Waals surface area contributed by atoms with Gasteiger partial charge in [0, 0.05) is 0 Å². The predicted molar refractivity (Wildman–Crippen MR) is 42.9 cm³/mol. The maximum Gasteiger partial charge on any atom is 0.119 e. The third-order valence-corrected chi connectivity index (χ3v) is 1.71. The van der Waals surface area contributed by atoms with Gasteiger partial charge in [-0.05, 0) is 22.6 Å². The summed E-state index contributed by atoms with van der Waals surface area (Å²) in [4.78, 5) is 0. The van der Waals surface area contributed by atoms with E-state index in [1.165, 1.54) is 0 Å². The van der Waals surface area contributed by atoms with Crippen molar-refractivity contribution in [2.45, 2.75) is 6.54 Å². The van der Waals surface area contributed by atoms with Crippen LogP contribution in [0.2, 0.25) is 0 Å². The largest absolute Gasteiger partial charge is 0.235 e. The van der Waals surface area contributed by atoms with Crippen LogP contribution in [0, 0.1) is 3.70 Å². The molecule has 0 radical (unpaired) electrons. The predicted octanol–water partition coefficient (Wildman–Crippen LogP) is 1.07. The van der Waals surface area contributed by atoms with Gasteiger partial charge in [-0.1, -0.05) is 11.3 Å². The normalized spacial score (nSPS) is 9.44. The van der Waals surface area contributed by atoms with E-state index in [9.17, 15) is 0 Å². The van der Waals surface area contributed by atoms with Crippen LogP contribution in [0.5, 0.6) is 0 Å². The van der Waals surface area contributed by atoms with Crippen molar-refractivity contribution in [3.8, 4) is 0 Å². The van der Waals surface area contributed by atoms with Crippen LogP contribution in [-0.2, 0) is 6.54 Å². The van der Waals surface area contributed by atoms with Crippen LogP contribution < -0.4 is 0 Å². The van der Waals surface area contributed by atoms with Crippen LogP contribution >= 0.6 is 22.6 Å². The SMILES string of the molecule is C=CCn1nncc1I. The molecule has 0 aliphatic carbocycles. The molecule has 9 heavy (non-hydrogen) atoms. The van der Waals surface area contributed by atoms with Crippen molar-refractivity contribution in [1.29, 1.82) is 0 Å². The molecule has 1 aromatic rings. The topological polar surface area (TPSA) is 30.7 Å². The Bertz CT molecular complexity index is 206. The Kier molecular flexibility index (Phi) is 2.21. The number of halogens is 1. The van der Waals surface area contributed by atoms with Crippen LogP contribution in [0.4, 0.5) is 0 Å². The first-order valence-corrected chi connectivity index (χ1v) is 3.57. The van der Waals surface area contributed by atoms with Gasteiger partial charge in [-0.3, -0.25) is 0 Å². The molecule has 0 unspecified atom stereocenters. The molecular formula is C5H6IN3. The molecule has 4 heteroatoms. The minimum absolute atomic E-state index is 0.734. The summed E-state index contributed by atoms with van der Waals surface area (Å²) in [6.07, 6.45) is 3.50. The van der Waals surface area contributed by atoms with Gasteiger partial charge in [-0.25, -0.2) is 4.68 Å². The molecule has 0 saturated carbocycles. The summed E-state index contributed by atoms with van der Waals surface area (Å²) in [5.74, 6) is 0. The summed E-state index contributed by atoms with van der Waals surface area (Å²) in [5, 5.41) is 7.49. The summed E-state index contributed by atoms with van der Waals surface area (Å²) in [5.41, 5.74) is 0. The third kappa shape index (κ3) is 1.51. The number of aromatic nitrogens is 3. The van der Waals surface area contributed by atoms with E-state index in [2.05, 4.69) is 39.5 Å². The van der Waals surface area contributed by atoms with Gasteiger partial charge in [0.15, 0.2) is 0 Å². The average molecular weight is 235 g/mol. The molecule has 1 heterocycles. The molecule has 0 aromatic carbocycles. The van der Waals surface area contributed by atoms with E-state index in [4.69, 9.17) is 0 Å². The van der Waals surface area contributed by atoms with Crippen molar-refractivity contribution >= 4 is 22.6 Å². The van der Waals surface area contributed by atoms with E-state index in [1.807, 2.05) is 0 Å². The van der Waals surface area contributed by atoms with Gasteiger partial charge in [-0.15, -0.1) is 11.7 Å². The molecule has 1 rings (SSSR count). The average Bonchev–Trinajstić information content (AvgIpc) is 2.18. The first kappa shape index (κ1) is 6.73. The van der Waals surface area contributed by atoms with Gasteiger partial charge in [0.25, 0.3) is 0 Å². The number of hydrogen-bond acceptors (Lipinski definition) is 2.